The molecule has 1 aliphatic heterocycles. The van der Waals surface area contributed by atoms with Crippen LogP contribution in [0.15, 0.2) is 57.9 Å². The van der Waals surface area contributed by atoms with Gasteiger partial charge in [0, 0.05) is 42.9 Å². The van der Waals surface area contributed by atoms with Crippen LogP contribution in [0.2, 0.25) is 0 Å². The van der Waals surface area contributed by atoms with E-state index in [1.165, 1.54) is 36.4 Å². The number of amides is 2. The summed E-state index contributed by atoms with van der Waals surface area (Å²) in [6.45, 7) is 3.26. The van der Waals surface area contributed by atoms with Crippen molar-refractivity contribution in [3.8, 4) is 0 Å². The van der Waals surface area contributed by atoms with Crippen LogP contribution in [-0.2, 0) is 19.6 Å². The summed E-state index contributed by atoms with van der Waals surface area (Å²) < 4.78 is 47.4. The van der Waals surface area contributed by atoms with Gasteiger partial charge in [-0.15, -0.1) is 0 Å². The lowest BCUT2D eigenvalue weighted by Gasteiger charge is -2.30. The van der Waals surface area contributed by atoms with Gasteiger partial charge in [-0.2, -0.15) is 4.31 Å². The van der Waals surface area contributed by atoms with Crippen LogP contribution in [0.4, 0.5) is 15.8 Å². The first kappa shape index (κ1) is 26.2. The standard InChI is InChI=1S/C26H27FN4O5S/c1-17-25(24(36-30-17)12-7-19-5-3-4-6-23(19)27)37(34,35)31-15-13-20(14-16-31)26(33)29-22-10-8-21(9-11-22)28-18(2)32/h3-12,20H,13-16H2,1-2H3,(H,28,32)(H,29,33)/b12-7+. The number of piperidine rings is 1. The number of aryl methyl sites for hydroxylation is 1. The molecule has 0 aliphatic carbocycles. The number of rotatable bonds is 7. The molecule has 1 fully saturated rings. The number of aromatic nitrogens is 1. The number of hydrogen-bond donors (Lipinski definition) is 2. The molecule has 0 unspecified atom stereocenters. The quantitative estimate of drug-likeness (QED) is 0.474. The van der Waals surface area contributed by atoms with Gasteiger partial charge < -0.3 is 15.2 Å². The average molecular weight is 527 g/mol. The third kappa shape index (κ3) is 6.12. The number of nitrogens with zero attached hydrogens (tertiary/aromatic N) is 2. The van der Waals surface area contributed by atoms with Crippen LogP contribution in [0.3, 0.4) is 0 Å². The van der Waals surface area contributed by atoms with Crippen molar-refractivity contribution in [1.29, 1.82) is 0 Å². The molecule has 37 heavy (non-hydrogen) atoms. The Bertz CT molecular complexity index is 1430. The van der Waals surface area contributed by atoms with E-state index < -0.39 is 15.8 Å². The summed E-state index contributed by atoms with van der Waals surface area (Å²) >= 11 is 0. The van der Waals surface area contributed by atoms with Gasteiger partial charge >= 0.3 is 0 Å². The molecule has 0 radical (unpaired) electrons. The van der Waals surface area contributed by atoms with Crippen molar-refractivity contribution >= 4 is 45.4 Å². The van der Waals surface area contributed by atoms with E-state index in [0.29, 0.717) is 24.2 Å². The zero-order valence-electron chi connectivity index (χ0n) is 20.4. The van der Waals surface area contributed by atoms with Crippen LogP contribution in [0.25, 0.3) is 12.2 Å². The highest BCUT2D eigenvalue weighted by Crippen LogP contribution is 2.30. The highest BCUT2D eigenvalue weighted by Gasteiger charge is 2.36. The Morgan fingerprint density at radius 3 is 2.27 bits per heavy atom. The Hall–Kier alpha value is -3.83. The summed E-state index contributed by atoms with van der Waals surface area (Å²) in [5.74, 6) is -1.16. The second kappa shape index (κ2) is 11.1. The smallest absolute Gasteiger partial charge is 0.248 e. The average Bonchev–Trinajstić information content (AvgIpc) is 3.25. The highest BCUT2D eigenvalue weighted by molar-refractivity contribution is 7.89. The predicted octanol–water partition coefficient (Wildman–Crippen LogP) is 4.29. The number of hydrogen-bond acceptors (Lipinski definition) is 6. The fourth-order valence-corrected chi connectivity index (χ4v) is 5.87. The van der Waals surface area contributed by atoms with Crippen molar-refractivity contribution in [2.24, 2.45) is 5.92 Å². The number of nitrogens with one attached hydrogen (secondary N) is 2. The van der Waals surface area contributed by atoms with E-state index in [9.17, 15) is 22.4 Å². The summed E-state index contributed by atoms with van der Waals surface area (Å²) in [5, 5.41) is 9.31. The summed E-state index contributed by atoms with van der Waals surface area (Å²) in [7, 11) is -3.95. The molecule has 1 saturated heterocycles. The van der Waals surface area contributed by atoms with Crippen molar-refractivity contribution in [2.45, 2.75) is 31.6 Å². The third-order valence-corrected chi connectivity index (χ3v) is 8.11. The van der Waals surface area contributed by atoms with Crippen molar-refractivity contribution in [2.75, 3.05) is 23.7 Å². The first-order valence-corrected chi connectivity index (χ1v) is 13.2. The monoisotopic (exact) mass is 526 g/mol. The van der Waals surface area contributed by atoms with Gasteiger partial charge in [0.2, 0.25) is 21.8 Å². The molecule has 194 valence electrons. The van der Waals surface area contributed by atoms with Crippen LogP contribution in [-0.4, -0.2) is 42.8 Å². The maximum absolute atomic E-state index is 14.0. The largest absolute Gasteiger partial charge is 0.355 e. The Morgan fingerprint density at radius 1 is 1.03 bits per heavy atom. The van der Waals surface area contributed by atoms with Gasteiger partial charge in [0.25, 0.3) is 0 Å². The third-order valence-electron chi connectivity index (χ3n) is 6.05. The molecular weight excluding hydrogens is 499 g/mol. The van der Waals surface area contributed by atoms with Crippen LogP contribution < -0.4 is 10.6 Å². The second-order valence-electron chi connectivity index (χ2n) is 8.74. The van der Waals surface area contributed by atoms with Crippen molar-refractivity contribution in [1.82, 2.24) is 9.46 Å². The molecule has 2 amide bonds. The minimum absolute atomic E-state index is 0.0170. The molecular formula is C26H27FN4O5S. The second-order valence-corrected chi connectivity index (χ2v) is 10.6. The summed E-state index contributed by atoms with van der Waals surface area (Å²) in [4.78, 5) is 23.8. The minimum Gasteiger partial charge on any atom is -0.355 e. The Balaban J connectivity index is 1.41. The zero-order chi connectivity index (χ0) is 26.6. The molecule has 2 N–H and O–H groups in total. The summed E-state index contributed by atoms with van der Waals surface area (Å²) in [6, 6.07) is 12.9. The molecule has 4 rings (SSSR count). The molecule has 0 bridgehead atoms. The first-order chi connectivity index (χ1) is 17.6. The Kier molecular flexibility index (Phi) is 7.84. The van der Waals surface area contributed by atoms with E-state index in [1.54, 1.807) is 42.5 Å². The van der Waals surface area contributed by atoms with Crippen LogP contribution in [0, 0.1) is 18.7 Å². The van der Waals surface area contributed by atoms with Crippen molar-refractivity contribution < 1.29 is 26.9 Å². The molecule has 1 aliphatic rings. The molecule has 11 heteroatoms. The number of sulfonamides is 1. The number of benzene rings is 2. The fourth-order valence-electron chi connectivity index (χ4n) is 4.15. The summed E-state index contributed by atoms with van der Waals surface area (Å²) in [5.41, 5.74) is 1.70. The lowest BCUT2D eigenvalue weighted by Crippen LogP contribution is -2.41. The molecule has 2 heterocycles. The molecule has 0 saturated carbocycles. The van der Waals surface area contributed by atoms with Crippen LogP contribution in [0.1, 0.15) is 36.8 Å². The van der Waals surface area contributed by atoms with E-state index >= 15 is 0 Å². The lowest BCUT2D eigenvalue weighted by molar-refractivity contribution is -0.121. The maximum Gasteiger partial charge on any atom is 0.248 e. The predicted molar refractivity (Wildman–Crippen MR) is 137 cm³/mol. The van der Waals surface area contributed by atoms with E-state index in [-0.39, 0.29) is 52.7 Å². The number of halogens is 1. The Labute approximate surface area is 214 Å². The molecule has 9 nitrogen and oxygen atoms in total. The van der Waals surface area contributed by atoms with Crippen molar-refractivity contribution in [3.63, 3.8) is 0 Å². The fraction of sp³-hybridized carbons (Fsp3) is 0.269. The van der Waals surface area contributed by atoms with Gasteiger partial charge in [0.1, 0.15) is 11.5 Å². The number of anilines is 2. The Morgan fingerprint density at radius 2 is 1.65 bits per heavy atom. The van der Waals surface area contributed by atoms with Crippen LogP contribution in [0.5, 0.6) is 0 Å². The minimum atomic E-state index is -3.95. The van der Waals surface area contributed by atoms with Gasteiger partial charge in [0.05, 0.1) is 0 Å². The SMILES string of the molecule is CC(=O)Nc1ccc(NC(=O)C2CCN(S(=O)(=O)c3c(C)noc3/C=C/c3ccccc3F)CC2)cc1. The van der Waals surface area contributed by atoms with E-state index in [1.807, 2.05) is 0 Å². The van der Waals surface area contributed by atoms with E-state index in [2.05, 4.69) is 15.8 Å². The zero-order valence-corrected chi connectivity index (χ0v) is 21.2. The molecule has 0 spiro atoms. The highest BCUT2D eigenvalue weighted by atomic mass is 32.2. The molecule has 0 atom stereocenters. The van der Waals surface area contributed by atoms with Crippen molar-refractivity contribution in [3.05, 3.63) is 71.4 Å². The molecule has 3 aromatic rings. The molecule has 2 aromatic carbocycles. The van der Waals surface area contributed by atoms with Crippen LogP contribution >= 0.6 is 0 Å². The van der Waals surface area contributed by atoms with E-state index in [0.717, 1.165) is 0 Å². The summed E-state index contributed by atoms with van der Waals surface area (Å²) in [6.07, 6.45) is 3.52. The lowest BCUT2D eigenvalue weighted by atomic mass is 9.97. The molecule has 1 aromatic heterocycles. The number of carbonyl (C=O) groups is 2. The maximum atomic E-state index is 14.0. The van der Waals surface area contributed by atoms with Gasteiger partial charge in [-0.1, -0.05) is 23.4 Å². The first-order valence-electron chi connectivity index (χ1n) is 11.7. The number of carbonyl (C=O) groups excluding carboxylic acids is 2. The van der Waals surface area contributed by atoms with E-state index in [4.69, 9.17) is 4.52 Å². The van der Waals surface area contributed by atoms with Gasteiger partial charge in [-0.05, 0) is 62.2 Å². The normalized spacial score (nSPS) is 15.1. The van der Waals surface area contributed by atoms with Gasteiger partial charge in [-0.25, -0.2) is 12.8 Å². The topological polar surface area (TPSA) is 122 Å². The van der Waals surface area contributed by atoms with Gasteiger partial charge in [0.15, 0.2) is 10.7 Å². The van der Waals surface area contributed by atoms with Gasteiger partial charge in [-0.3, -0.25) is 9.59 Å².